The molecule has 1 saturated heterocycles. The monoisotopic (exact) mass is 522 g/mol. The van der Waals surface area contributed by atoms with Crippen molar-refractivity contribution < 1.29 is 53.6 Å². The molecule has 1 fully saturated rings. The minimum atomic E-state index is -2.74. The number of aliphatic hydroxyl groups is 1. The molecule has 0 spiro atoms. The Balaban J connectivity index is 0.000000317. The van der Waals surface area contributed by atoms with Gasteiger partial charge in [0.15, 0.2) is 5.60 Å². The topological polar surface area (TPSA) is 206 Å². The van der Waals surface area contributed by atoms with Crippen LogP contribution in [0.15, 0.2) is 34.9 Å². The fourth-order valence-corrected chi connectivity index (χ4v) is 3.64. The summed E-state index contributed by atoms with van der Waals surface area (Å²) in [6.07, 6.45) is -1.47. The summed E-state index contributed by atoms with van der Waals surface area (Å²) >= 11 is 0. The van der Waals surface area contributed by atoms with Crippen LogP contribution in [0.5, 0.6) is 0 Å². The van der Waals surface area contributed by atoms with Gasteiger partial charge in [0.1, 0.15) is 5.76 Å². The van der Waals surface area contributed by atoms with E-state index in [0.29, 0.717) is 18.1 Å². The second kappa shape index (κ2) is 13.5. The first-order valence-electron chi connectivity index (χ1n) is 11.2. The number of nitrogens with one attached hydrogen (secondary N) is 1. The normalized spacial score (nSPS) is 16.9. The Labute approximate surface area is 212 Å². The zero-order valence-electron chi connectivity index (χ0n) is 20.4. The minimum Gasteiger partial charge on any atom is -0.481 e. The first kappa shape index (κ1) is 29.4. The van der Waals surface area contributed by atoms with Gasteiger partial charge in [-0.15, -0.1) is 0 Å². The van der Waals surface area contributed by atoms with Gasteiger partial charge in [0, 0.05) is 31.0 Å². The maximum absolute atomic E-state index is 11.4. The van der Waals surface area contributed by atoms with Crippen molar-refractivity contribution >= 4 is 23.9 Å². The fraction of sp³-hybridized carbons (Fsp3) is 0.458. The Morgan fingerprint density at radius 2 is 1.70 bits per heavy atom. The highest BCUT2D eigenvalue weighted by atomic mass is 16.5. The number of carboxylic acids is 3. The molecule has 3 rings (SSSR count). The molecule has 2 heterocycles. The molecule has 1 aromatic carbocycles. The Kier molecular flexibility index (Phi) is 10.7. The average molecular weight is 523 g/mol. The highest BCUT2D eigenvalue weighted by Crippen LogP contribution is 2.20. The number of rotatable bonds is 11. The van der Waals surface area contributed by atoms with Crippen LogP contribution in [0.4, 0.5) is 0 Å². The van der Waals surface area contributed by atoms with Gasteiger partial charge in [-0.2, -0.15) is 0 Å². The van der Waals surface area contributed by atoms with Crippen molar-refractivity contribution in [2.45, 2.75) is 44.4 Å². The predicted octanol–water partition coefficient (Wildman–Crippen LogP) is 0.868. The molecule has 1 aliphatic rings. The average Bonchev–Trinajstić information content (AvgIpc) is 3.45. The molecule has 13 nitrogen and oxygen atoms in total. The van der Waals surface area contributed by atoms with E-state index in [-0.39, 0.29) is 12.0 Å². The maximum atomic E-state index is 11.4. The number of carboxylic acid groups (broad SMARTS) is 3. The first-order chi connectivity index (χ1) is 17.4. The third-order valence-electron chi connectivity index (χ3n) is 5.57. The van der Waals surface area contributed by atoms with Gasteiger partial charge >= 0.3 is 23.9 Å². The number of aliphatic carboxylic acids is 3. The summed E-state index contributed by atoms with van der Waals surface area (Å²) in [5, 5.41) is 41.3. The maximum Gasteiger partial charge on any atom is 0.337 e. The lowest BCUT2D eigenvalue weighted by atomic mass is 9.96. The molecule has 1 aromatic heterocycles. The van der Waals surface area contributed by atoms with Crippen LogP contribution in [-0.4, -0.2) is 81.4 Å². The van der Waals surface area contributed by atoms with Crippen LogP contribution in [0.1, 0.15) is 40.2 Å². The van der Waals surface area contributed by atoms with Crippen LogP contribution in [0.25, 0.3) is 0 Å². The van der Waals surface area contributed by atoms with E-state index in [0.717, 1.165) is 36.6 Å². The quantitative estimate of drug-likeness (QED) is 0.260. The van der Waals surface area contributed by atoms with Gasteiger partial charge in [-0.05, 0) is 24.6 Å². The molecule has 202 valence electrons. The molecule has 37 heavy (non-hydrogen) atoms. The van der Waals surface area contributed by atoms with E-state index in [2.05, 4.69) is 10.5 Å². The van der Waals surface area contributed by atoms with Gasteiger partial charge in [-0.1, -0.05) is 17.3 Å². The lowest BCUT2D eigenvalue weighted by molar-refractivity contribution is -0.170. The molecule has 0 bridgehead atoms. The Morgan fingerprint density at radius 3 is 2.19 bits per heavy atom. The summed E-state index contributed by atoms with van der Waals surface area (Å²) in [6, 6.07) is 9.68. The number of hydrogen-bond acceptors (Lipinski definition) is 10. The number of hydrogen-bond donors (Lipinski definition) is 5. The Hall–Kier alpha value is -3.81. The van der Waals surface area contributed by atoms with Gasteiger partial charge in [-0.25, -0.2) is 9.59 Å². The third-order valence-corrected chi connectivity index (χ3v) is 5.57. The molecule has 5 N–H and O–H groups in total. The van der Waals surface area contributed by atoms with E-state index < -0.39 is 36.4 Å². The van der Waals surface area contributed by atoms with Gasteiger partial charge in [-0.3, -0.25) is 9.59 Å². The first-order valence-corrected chi connectivity index (χ1v) is 11.2. The van der Waals surface area contributed by atoms with E-state index in [4.69, 9.17) is 34.4 Å². The lowest BCUT2D eigenvalue weighted by Gasteiger charge is -2.18. The molecule has 13 heteroatoms. The standard InChI is InChI=1S/C18H22N2O4.C6H8O7/c1-12-7-16(24-20-12)8-15-10-23-11-17(15)19-9-13-3-5-14(6-4-13)18(21)22-2;7-3(8)1-6(13,5(11)12)2-4(9)10/h3-7,15,17,19H,8-11H2,1-2H3;13H,1-2H2,(H,7,8)(H,9,10)(H,11,12)/t15-,17-;/m1./s1. The van der Waals surface area contributed by atoms with Crippen molar-refractivity contribution in [2.24, 2.45) is 5.92 Å². The molecule has 2 aromatic rings. The van der Waals surface area contributed by atoms with Crippen LogP contribution in [-0.2, 0) is 36.8 Å². The van der Waals surface area contributed by atoms with Gasteiger partial charge in [0.2, 0.25) is 0 Å². The number of carbonyl (C=O) groups excluding carboxylic acids is 1. The zero-order chi connectivity index (χ0) is 27.6. The second-order valence-corrected chi connectivity index (χ2v) is 8.59. The van der Waals surface area contributed by atoms with E-state index in [9.17, 15) is 19.2 Å². The number of aryl methyl sites for hydroxylation is 1. The highest BCUT2D eigenvalue weighted by Gasteiger charge is 2.40. The van der Waals surface area contributed by atoms with Crippen LogP contribution in [0.3, 0.4) is 0 Å². The molecule has 2 atom stereocenters. The number of methoxy groups -OCH3 is 1. The van der Waals surface area contributed by atoms with E-state index >= 15 is 0 Å². The lowest BCUT2D eigenvalue weighted by Crippen LogP contribution is -2.42. The minimum absolute atomic E-state index is 0.274. The molecule has 0 amide bonds. The summed E-state index contributed by atoms with van der Waals surface area (Å²) in [5.74, 6) is -4.07. The third kappa shape index (κ3) is 9.29. The van der Waals surface area contributed by atoms with Crippen molar-refractivity contribution in [1.82, 2.24) is 10.5 Å². The molecule has 0 saturated carbocycles. The molecule has 0 unspecified atom stereocenters. The zero-order valence-corrected chi connectivity index (χ0v) is 20.4. The van der Waals surface area contributed by atoms with E-state index in [1.807, 2.05) is 25.1 Å². The van der Waals surface area contributed by atoms with Crippen LogP contribution < -0.4 is 5.32 Å². The van der Waals surface area contributed by atoms with Crippen LogP contribution >= 0.6 is 0 Å². The van der Waals surface area contributed by atoms with Gasteiger partial charge in [0.25, 0.3) is 0 Å². The van der Waals surface area contributed by atoms with Crippen molar-refractivity contribution in [3.63, 3.8) is 0 Å². The molecular formula is C24H30N2O11. The largest absolute Gasteiger partial charge is 0.481 e. The summed E-state index contributed by atoms with van der Waals surface area (Å²) in [7, 11) is 1.38. The number of esters is 1. The van der Waals surface area contributed by atoms with Crippen molar-refractivity contribution in [1.29, 1.82) is 0 Å². The van der Waals surface area contributed by atoms with Gasteiger partial charge in [0.05, 0.1) is 44.4 Å². The molecule has 0 aliphatic carbocycles. The number of nitrogens with zero attached hydrogens (tertiary/aromatic N) is 1. The summed E-state index contributed by atoms with van der Waals surface area (Å²) in [4.78, 5) is 41.9. The van der Waals surface area contributed by atoms with Crippen molar-refractivity contribution in [2.75, 3.05) is 20.3 Å². The molecule has 1 aliphatic heterocycles. The van der Waals surface area contributed by atoms with Crippen LogP contribution in [0, 0.1) is 12.8 Å². The van der Waals surface area contributed by atoms with Crippen LogP contribution in [0.2, 0.25) is 0 Å². The molecular weight excluding hydrogens is 492 g/mol. The summed E-state index contributed by atoms with van der Waals surface area (Å²) < 4.78 is 15.6. The predicted molar refractivity (Wildman–Crippen MR) is 125 cm³/mol. The van der Waals surface area contributed by atoms with Gasteiger partial charge < -0.3 is 39.7 Å². The number of ether oxygens (including phenoxy) is 2. The second-order valence-electron chi connectivity index (χ2n) is 8.59. The SMILES string of the molecule is COC(=O)c1ccc(CN[C@@H]2COC[C@H]2Cc2cc(C)no2)cc1.O=C(O)CC(O)(CC(=O)O)C(=O)O. The number of benzene rings is 1. The highest BCUT2D eigenvalue weighted by molar-refractivity contribution is 5.89. The van der Waals surface area contributed by atoms with Crippen molar-refractivity contribution in [3.8, 4) is 0 Å². The Bertz CT molecular complexity index is 1060. The number of carbonyl (C=O) groups is 4. The van der Waals surface area contributed by atoms with E-state index in [1.54, 1.807) is 12.1 Å². The van der Waals surface area contributed by atoms with E-state index in [1.165, 1.54) is 7.11 Å². The Morgan fingerprint density at radius 1 is 1.08 bits per heavy atom. The number of aromatic nitrogens is 1. The summed E-state index contributed by atoms with van der Waals surface area (Å²) in [6.45, 7) is 4.06. The fourth-order valence-electron chi connectivity index (χ4n) is 3.64. The molecule has 0 radical (unpaired) electrons. The van der Waals surface area contributed by atoms with Crippen molar-refractivity contribution in [3.05, 3.63) is 52.9 Å². The smallest absolute Gasteiger partial charge is 0.337 e. The summed E-state index contributed by atoms with van der Waals surface area (Å²) in [5.41, 5.74) is -0.163.